The minimum absolute atomic E-state index is 0.0622. The second kappa shape index (κ2) is 5.55. The molecule has 0 aliphatic rings. The van der Waals surface area contributed by atoms with Crippen LogP contribution in [-0.2, 0) is 10.0 Å². The fraction of sp³-hybridized carbons (Fsp3) is 0.118. The molecule has 3 rings (SSSR count). The molecule has 0 atom stereocenters. The smallest absolute Gasteiger partial charge is 0.264 e. The van der Waals surface area contributed by atoms with Gasteiger partial charge < -0.3 is 5.73 Å². The molecule has 0 spiro atoms. The summed E-state index contributed by atoms with van der Waals surface area (Å²) < 4.78 is 27.8. The van der Waals surface area contributed by atoms with Crippen LogP contribution in [-0.4, -0.2) is 13.4 Å². The molecule has 2 aromatic carbocycles. The molecule has 0 amide bonds. The van der Waals surface area contributed by atoms with Crippen LogP contribution >= 0.6 is 0 Å². The predicted molar refractivity (Wildman–Crippen MR) is 92.9 cm³/mol. The predicted octanol–water partition coefficient (Wildman–Crippen LogP) is 3.23. The average molecular weight is 327 g/mol. The van der Waals surface area contributed by atoms with Gasteiger partial charge in [0.05, 0.1) is 16.9 Å². The molecular weight excluding hydrogens is 310 g/mol. The Labute approximate surface area is 135 Å². The quantitative estimate of drug-likeness (QED) is 0.723. The van der Waals surface area contributed by atoms with Gasteiger partial charge in [-0.25, -0.2) is 8.42 Å². The first-order valence-corrected chi connectivity index (χ1v) is 8.59. The van der Waals surface area contributed by atoms with Crippen LogP contribution in [0.25, 0.3) is 10.9 Å². The largest absolute Gasteiger partial charge is 0.398 e. The first-order chi connectivity index (χ1) is 10.9. The summed E-state index contributed by atoms with van der Waals surface area (Å²) in [4.78, 5) is 4.40. The molecule has 1 heterocycles. The molecule has 118 valence electrons. The second-order valence-corrected chi connectivity index (χ2v) is 7.19. The van der Waals surface area contributed by atoms with Gasteiger partial charge in [0.1, 0.15) is 4.90 Å². The standard InChI is InChI=1S/C17H17N3O2S/c1-11-6-7-16(14(18)9-11)23(21,22)20-15-5-3-4-13-8-12(2)10-19-17(13)15/h3-10,20H,18H2,1-2H3. The van der Waals surface area contributed by atoms with Crippen molar-refractivity contribution in [3.63, 3.8) is 0 Å². The maximum Gasteiger partial charge on any atom is 0.264 e. The molecular formula is C17H17N3O2S. The Balaban J connectivity index is 2.07. The van der Waals surface area contributed by atoms with Crippen molar-refractivity contribution < 1.29 is 8.42 Å². The van der Waals surface area contributed by atoms with E-state index in [1.165, 1.54) is 6.07 Å². The lowest BCUT2D eigenvalue weighted by Crippen LogP contribution is -2.15. The van der Waals surface area contributed by atoms with E-state index < -0.39 is 10.0 Å². The molecule has 23 heavy (non-hydrogen) atoms. The van der Waals surface area contributed by atoms with Crippen LogP contribution in [0.5, 0.6) is 0 Å². The van der Waals surface area contributed by atoms with Crippen molar-refractivity contribution in [3.8, 4) is 0 Å². The van der Waals surface area contributed by atoms with Crippen molar-refractivity contribution in [2.45, 2.75) is 18.7 Å². The summed E-state index contributed by atoms with van der Waals surface area (Å²) in [5.41, 5.74) is 9.04. The number of para-hydroxylation sites is 1. The van der Waals surface area contributed by atoms with E-state index in [1.54, 1.807) is 30.5 Å². The van der Waals surface area contributed by atoms with E-state index in [0.717, 1.165) is 16.5 Å². The summed E-state index contributed by atoms with van der Waals surface area (Å²) in [6.45, 7) is 3.80. The Kier molecular flexibility index (Phi) is 3.69. The van der Waals surface area contributed by atoms with Gasteiger partial charge in [0.15, 0.2) is 0 Å². The maximum atomic E-state index is 12.6. The Morgan fingerprint density at radius 3 is 2.57 bits per heavy atom. The number of nitrogens with zero attached hydrogens (tertiary/aromatic N) is 1. The monoisotopic (exact) mass is 327 g/mol. The Hall–Kier alpha value is -2.60. The number of nitrogen functional groups attached to an aromatic ring is 1. The number of hydrogen-bond donors (Lipinski definition) is 2. The zero-order valence-corrected chi connectivity index (χ0v) is 13.7. The highest BCUT2D eigenvalue weighted by Crippen LogP contribution is 2.27. The van der Waals surface area contributed by atoms with Crippen molar-refractivity contribution in [3.05, 3.63) is 59.8 Å². The first-order valence-electron chi connectivity index (χ1n) is 7.11. The SMILES string of the molecule is Cc1ccc(S(=O)(=O)Nc2cccc3cc(C)cnc23)c(N)c1. The number of aryl methyl sites for hydroxylation is 2. The minimum Gasteiger partial charge on any atom is -0.398 e. The molecule has 0 radical (unpaired) electrons. The third-order valence-corrected chi connectivity index (χ3v) is 4.99. The fourth-order valence-electron chi connectivity index (χ4n) is 2.47. The summed E-state index contributed by atoms with van der Waals surface area (Å²) in [6.07, 6.45) is 1.71. The lowest BCUT2D eigenvalue weighted by molar-refractivity contribution is 0.601. The minimum atomic E-state index is -3.78. The number of aromatic nitrogens is 1. The molecule has 0 saturated carbocycles. The lowest BCUT2D eigenvalue weighted by atomic mass is 10.1. The van der Waals surface area contributed by atoms with Gasteiger partial charge in [-0.15, -0.1) is 0 Å². The van der Waals surface area contributed by atoms with Gasteiger partial charge in [0.2, 0.25) is 0 Å². The van der Waals surface area contributed by atoms with Crippen LogP contribution in [0.1, 0.15) is 11.1 Å². The van der Waals surface area contributed by atoms with Gasteiger partial charge in [-0.1, -0.05) is 18.2 Å². The molecule has 3 N–H and O–H groups in total. The van der Waals surface area contributed by atoms with Crippen LogP contribution in [0.2, 0.25) is 0 Å². The van der Waals surface area contributed by atoms with Gasteiger partial charge in [-0.2, -0.15) is 0 Å². The lowest BCUT2D eigenvalue weighted by Gasteiger charge is -2.12. The summed E-state index contributed by atoms with van der Waals surface area (Å²) in [7, 11) is -3.78. The number of rotatable bonds is 3. The molecule has 6 heteroatoms. The van der Waals surface area contributed by atoms with Crippen LogP contribution in [0.3, 0.4) is 0 Å². The molecule has 0 saturated heterocycles. The molecule has 0 aliphatic carbocycles. The third-order valence-electron chi connectivity index (χ3n) is 3.55. The molecule has 0 bridgehead atoms. The van der Waals surface area contributed by atoms with Gasteiger partial charge >= 0.3 is 0 Å². The first kappa shape index (κ1) is 15.3. The molecule has 1 aromatic heterocycles. The Bertz CT molecular complexity index is 998. The van der Waals surface area contributed by atoms with Crippen molar-refractivity contribution in [1.29, 1.82) is 0 Å². The van der Waals surface area contributed by atoms with Crippen molar-refractivity contribution in [1.82, 2.24) is 4.98 Å². The highest BCUT2D eigenvalue weighted by Gasteiger charge is 2.18. The number of benzene rings is 2. The molecule has 0 fully saturated rings. The van der Waals surface area contributed by atoms with Crippen LogP contribution in [0.15, 0.2) is 53.6 Å². The van der Waals surface area contributed by atoms with E-state index >= 15 is 0 Å². The van der Waals surface area contributed by atoms with Gasteiger partial charge in [-0.3, -0.25) is 9.71 Å². The normalized spacial score (nSPS) is 11.6. The number of nitrogens with two attached hydrogens (primary N) is 1. The summed E-state index contributed by atoms with van der Waals surface area (Å²) >= 11 is 0. The number of nitrogens with one attached hydrogen (secondary N) is 1. The van der Waals surface area contributed by atoms with Crippen molar-refractivity contribution in [2.75, 3.05) is 10.5 Å². The van der Waals surface area contributed by atoms with Crippen LogP contribution in [0, 0.1) is 13.8 Å². The maximum absolute atomic E-state index is 12.6. The third kappa shape index (κ3) is 2.98. The van der Waals surface area contributed by atoms with Crippen LogP contribution in [0.4, 0.5) is 11.4 Å². The van der Waals surface area contributed by atoms with Gasteiger partial charge in [0, 0.05) is 11.6 Å². The van der Waals surface area contributed by atoms with E-state index in [4.69, 9.17) is 5.73 Å². The van der Waals surface area contributed by atoms with Crippen molar-refractivity contribution >= 4 is 32.3 Å². The second-order valence-electron chi connectivity index (χ2n) is 5.54. The summed E-state index contributed by atoms with van der Waals surface area (Å²) in [6, 6.07) is 12.2. The molecule has 0 aliphatic heterocycles. The van der Waals surface area contributed by atoms with Crippen LogP contribution < -0.4 is 10.5 Å². The molecule has 5 nitrogen and oxygen atoms in total. The highest BCUT2D eigenvalue weighted by molar-refractivity contribution is 7.93. The van der Waals surface area contributed by atoms with Gasteiger partial charge in [0.25, 0.3) is 10.0 Å². The number of fused-ring (bicyclic) bond motifs is 1. The van der Waals surface area contributed by atoms with Crippen molar-refractivity contribution in [2.24, 2.45) is 0 Å². The fourth-order valence-corrected chi connectivity index (χ4v) is 3.65. The van der Waals surface area contributed by atoms with E-state index in [2.05, 4.69) is 9.71 Å². The zero-order chi connectivity index (χ0) is 16.6. The van der Waals surface area contributed by atoms with E-state index in [1.807, 2.05) is 26.0 Å². The summed E-state index contributed by atoms with van der Waals surface area (Å²) in [5.74, 6) is 0. The van der Waals surface area contributed by atoms with E-state index in [9.17, 15) is 8.42 Å². The molecule has 3 aromatic rings. The Morgan fingerprint density at radius 1 is 1.04 bits per heavy atom. The number of pyridine rings is 1. The number of hydrogen-bond acceptors (Lipinski definition) is 4. The van der Waals surface area contributed by atoms with E-state index in [0.29, 0.717) is 11.2 Å². The number of anilines is 2. The molecule has 0 unspecified atom stereocenters. The van der Waals surface area contributed by atoms with E-state index in [-0.39, 0.29) is 10.6 Å². The topological polar surface area (TPSA) is 85.1 Å². The summed E-state index contributed by atoms with van der Waals surface area (Å²) in [5, 5.41) is 0.877. The Morgan fingerprint density at radius 2 is 1.83 bits per heavy atom. The average Bonchev–Trinajstić information content (AvgIpc) is 2.46. The zero-order valence-electron chi connectivity index (χ0n) is 12.9. The number of sulfonamides is 1. The van der Waals surface area contributed by atoms with Gasteiger partial charge in [-0.05, 0) is 49.2 Å². The highest BCUT2D eigenvalue weighted by atomic mass is 32.2.